The normalized spacial score (nSPS) is 15.4. The van der Waals surface area contributed by atoms with E-state index in [0.29, 0.717) is 11.8 Å². The number of carbonyl (C=O) groups is 1. The summed E-state index contributed by atoms with van der Waals surface area (Å²) in [7, 11) is 8.33. The van der Waals surface area contributed by atoms with Gasteiger partial charge in [0.25, 0.3) is 0 Å². The zero-order chi connectivity index (χ0) is 13.5. The lowest BCUT2D eigenvalue weighted by atomic mass is 10.2. The van der Waals surface area contributed by atoms with Crippen LogP contribution in [0.5, 0.6) is 0 Å². The highest BCUT2D eigenvalue weighted by atomic mass is 16.2. The second-order valence-electron chi connectivity index (χ2n) is 5.91. The van der Waals surface area contributed by atoms with Crippen LogP contribution >= 0.6 is 0 Å². The van der Waals surface area contributed by atoms with Gasteiger partial charge in [0.15, 0.2) is 0 Å². The van der Waals surface area contributed by atoms with Crippen LogP contribution in [0, 0.1) is 5.92 Å². The van der Waals surface area contributed by atoms with Gasteiger partial charge >= 0.3 is 0 Å². The highest BCUT2D eigenvalue weighted by Crippen LogP contribution is 2.31. The fourth-order valence-corrected chi connectivity index (χ4v) is 2.08. The molecule has 0 aromatic rings. The largest absolute Gasteiger partial charge is 0.342 e. The van der Waals surface area contributed by atoms with Crippen molar-refractivity contribution >= 4 is 5.91 Å². The molecule has 0 atom stereocenters. The Morgan fingerprint density at radius 2 is 1.33 bits per heavy atom. The Morgan fingerprint density at radius 3 is 1.67 bits per heavy atom. The van der Waals surface area contributed by atoms with Gasteiger partial charge in [-0.25, -0.2) is 0 Å². The molecule has 1 aliphatic carbocycles. The Balaban J connectivity index is 2.29. The minimum absolute atomic E-state index is 0.351. The summed E-state index contributed by atoms with van der Waals surface area (Å²) in [6.45, 7) is 3.95. The molecule has 4 nitrogen and oxygen atoms in total. The van der Waals surface area contributed by atoms with E-state index in [4.69, 9.17) is 0 Å². The summed E-state index contributed by atoms with van der Waals surface area (Å²) in [5, 5.41) is 0. The lowest BCUT2D eigenvalue weighted by molar-refractivity contribution is -0.132. The van der Waals surface area contributed by atoms with Gasteiger partial charge in [-0.1, -0.05) is 0 Å². The Bertz CT molecular complexity index is 235. The fraction of sp³-hybridized carbons (Fsp3) is 0.929. The van der Waals surface area contributed by atoms with Crippen molar-refractivity contribution in [3.8, 4) is 0 Å². The van der Waals surface area contributed by atoms with E-state index in [1.54, 1.807) is 0 Å². The zero-order valence-electron chi connectivity index (χ0n) is 12.5. The van der Waals surface area contributed by atoms with Crippen LogP contribution in [0.1, 0.15) is 25.7 Å². The second kappa shape index (κ2) is 7.74. The van der Waals surface area contributed by atoms with Gasteiger partial charge in [-0.2, -0.15) is 0 Å². The molecule has 0 heterocycles. The molecule has 0 aliphatic heterocycles. The summed E-state index contributed by atoms with van der Waals surface area (Å²) < 4.78 is 0. The summed E-state index contributed by atoms with van der Waals surface area (Å²) in [5.41, 5.74) is 0. The minimum atomic E-state index is 0.351. The molecular formula is C14H29N3O. The SMILES string of the molecule is CN(C)CCCN(CCCN(C)C)C(=O)C1CC1. The Hall–Kier alpha value is -0.610. The molecule has 0 aromatic heterocycles. The average molecular weight is 255 g/mol. The predicted octanol–water partition coefficient (Wildman–Crippen LogP) is 1.13. The van der Waals surface area contributed by atoms with Crippen molar-refractivity contribution in [1.82, 2.24) is 14.7 Å². The van der Waals surface area contributed by atoms with Crippen LogP contribution in [0.2, 0.25) is 0 Å². The van der Waals surface area contributed by atoms with Crippen LogP contribution in [0.3, 0.4) is 0 Å². The molecule has 0 unspecified atom stereocenters. The van der Waals surface area contributed by atoms with E-state index in [9.17, 15) is 4.79 Å². The number of rotatable bonds is 9. The van der Waals surface area contributed by atoms with Crippen molar-refractivity contribution in [3.05, 3.63) is 0 Å². The fourth-order valence-electron chi connectivity index (χ4n) is 2.08. The van der Waals surface area contributed by atoms with E-state index < -0.39 is 0 Å². The van der Waals surface area contributed by atoms with Crippen molar-refractivity contribution < 1.29 is 4.79 Å². The molecule has 0 bridgehead atoms. The smallest absolute Gasteiger partial charge is 0.225 e. The highest BCUT2D eigenvalue weighted by molar-refractivity contribution is 5.81. The van der Waals surface area contributed by atoms with Crippen LogP contribution in [0.15, 0.2) is 0 Å². The topological polar surface area (TPSA) is 26.8 Å². The van der Waals surface area contributed by atoms with Crippen molar-refractivity contribution in [2.75, 3.05) is 54.4 Å². The highest BCUT2D eigenvalue weighted by Gasteiger charge is 2.32. The Kier molecular flexibility index (Phi) is 6.65. The van der Waals surface area contributed by atoms with Crippen molar-refractivity contribution in [2.45, 2.75) is 25.7 Å². The molecule has 106 valence electrons. The molecule has 0 N–H and O–H groups in total. The van der Waals surface area contributed by atoms with Crippen LogP contribution in [0.25, 0.3) is 0 Å². The summed E-state index contributed by atoms with van der Waals surface area (Å²) in [4.78, 5) is 18.6. The molecule has 1 fully saturated rings. The van der Waals surface area contributed by atoms with Crippen LogP contribution in [-0.4, -0.2) is 75.0 Å². The zero-order valence-corrected chi connectivity index (χ0v) is 12.5. The number of amides is 1. The predicted molar refractivity (Wildman–Crippen MR) is 75.6 cm³/mol. The van der Waals surface area contributed by atoms with E-state index in [1.807, 2.05) is 0 Å². The first-order valence-electron chi connectivity index (χ1n) is 7.09. The quantitative estimate of drug-likeness (QED) is 0.618. The van der Waals surface area contributed by atoms with E-state index >= 15 is 0 Å². The van der Waals surface area contributed by atoms with Gasteiger partial charge in [0.05, 0.1) is 0 Å². The van der Waals surface area contributed by atoms with Gasteiger partial charge in [-0.15, -0.1) is 0 Å². The van der Waals surface area contributed by atoms with E-state index in [-0.39, 0.29) is 0 Å². The third kappa shape index (κ3) is 6.36. The van der Waals surface area contributed by atoms with Gasteiger partial charge in [-0.3, -0.25) is 4.79 Å². The van der Waals surface area contributed by atoms with Crippen LogP contribution < -0.4 is 0 Å². The molecule has 0 spiro atoms. The van der Waals surface area contributed by atoms with Crippen LogP contribution in [0.4, 0.5) is 0 Å². The average Bonchev–Trinajstić information content (AvgIpc) is 3.09. The molecule has 4 heteroatoms. The third-order valence-electron chi connectivity index (χ3n) is 3.30. The van der Waals surface area contributed by atoms with Gasteiger partial charge in [0.2, 0.25) is 5.91 Å². The van der Waals surface area contributed by atoms with Crippen LogP contribution in [-0.2, 0) is 4.79 Å². The van der Waals surface area contributed by atoms with E-state index in [1.165, 1.54) is 0 Å². The molecule has 1 amide bonds. The Labute approximate surface area is 112 Å². The maximum atomic E-state index is 12.2. The lowest BCUT2D eigenvalue weighted by Gasteiger charge is -2.24. The van der Waals surface area contributed by atoms with Gasteiger partial charge in [0.1, 0.15) is 0 Å². The summed E-state index contributed by atoms with van der Waals surface area (Å²) >= 11 is 0. The molecule has 1 aliphatic rings. The first-order valence-corrected chi connectivity index (χ1v) is 7.09. The summed E-state index contributed by atoms with van der Waals surface area (Å²) in [6, 6.07) is 0. The maximum absolute atomic E-state index is 12.2. The second-order valence-corrected chi connectivity index (χ2v) is 5.91. The Morgan fingerprint density at radius 1 is 0.889 bits per heavy atom. The summed E-state index contributed by atoms with van der Waals surface area (Å²) in [6.07, 6.45) is 4.37. The lowest BCUT2D eigenvalue weighted by Crippen LogP contribution is -2.36. The van der Waals surface area contributed by atoms with Gasteiger partial charge in [-0.05, 0) is 67.0 Å². The van der Waals surface area contributed by atoms with Gasteiger partial charge in [0, 0.05) is 19.0 Å². The number of nitrogens with zero attached hydrogens (tertiary/aromatic N) is 3. The molecule has 0 radical (unpaired) electrons. The molecule has 1 saturated carbocycles. The van der Waals surface area contributed by atoms with Crippen molar-refractivity contribution in [3.63, 3.8) is 0 Å². The van der Waals surface area contributed by atoms with Crippen molar-refractivity contribution in [1.29, 1.82) is 0 Å². The monoisotopic (exact) mass is 255 g/mol. The maximum Gasteiger partial charge on any atom is 0.225 e. The first kappa shape index (κ1) is 15.4. The summed E-state index contributed by atoms with van der Waals surface area (Å²) in [5.74, 6) is 0.747. The van der Waals surface area contributed by atoms with Gasteiger partial charge < -0.3 is 14.7 Å². The third-order valence-corrected chi connectivity index (χ3v) is 3.30. The van der Waals surface area contributed by atoms with Crippen molar-refractivity contribution in [2.24, 2.45) is 5.92 Å². The van der Waals surface area contributed by atoms with E-state index in [0.717, 1.165) is 51.9 Å². The first-order chi connectivity index (χ1) is 8.50. The number of carbonyl (C=O) groups excluding carboxylic acids is 1. The molecule has 0 saturated heterocycles. The minimum Gasteiger partial charge on any atom is -0.342 e. The molecule has 1 rings (SSSR count). The standard InChI is InChI=1S/C14H29N3O/c1-15(2)9-5-11-17(12-6-10-16(3)4)14(18)13-7-8-13/h13H,5-12H2,1-4H3. The number of hydrogen-bond acceptors (Lipinski definition) is 3. The molecule has 0 aromatic carbocycles. The number of hydrogen-bond donors (Lipinski definition) is 0. The van der Waals surface area contributed by atoms with E-state index in [2.05, 4.69) is 42.9 Å². The molecular weight excluding hydrogens is 226 g/mol. The molecule has 18 heavy (non-hydrogen) atoms.